The lowest BCUT2D eigenvalue weighted by atomic mass is 10.1. The van der Waals surface area contributed by atoms with Crippen molar-refractivity contribution in [2.75, 3.05) is 10.2 Å². The number of nitrogens with zero attached hydrogens (tertiary/aromatic N) is 4. The van der Waals surface area contributed by atoms with E-state index in [0.717, 1.165) is 16.6 Å². The molecule has 2 aromatic heterocycles. The molecule has 1 atom stereocenters. The number of pyridine rings is 1. The Kier molecular flexibility index (Phi) is 4.66. The Hall–Kier alpha value is -4.07. The average molecular weight is 415 g/mol. The molecule has 0 saturated heterocycles. The van der Waals surface area contributed by atoms with Crippen LogP contribution in [0, 0.1) is 5.82 Å². The Bertz CT molecular complexity index is 1270. The van der Waals surface area contributed by atoms with Gasteiger partial charge < -0.3 is 5.32 Å². The molecular weight excluding hydrogens is 397 g/mol. The summed E-state index contributed by atoms with van der Waals surface area (Å²) in [6.45, 7) is 0.312. The zero-order valence-corrected chi connectivity index (χ0v) is 16.4. The van der Waals surface area contributed by atoms with Crippen molar-refractivity contribution in [3.05, 3.63) is 84.4 Å². The molecule has 0 unspecified atom stereocenters. The van der Waals surface area contributed by atoms with Crippen LogP contribution < -0.4 is 10.2 Å². The Morgan fingerprint density at radius 3 is 2.65 bits per heavy atom. The number of hydrogen-bond acceptors (Lipinski definition) is 4. The molecule has 0 saturated carbocycles. The SMILES string of the molecule is O=C(C[C@@H]1C(=O)N(Cc2cccnc2)c2nc3ccccc3n21)Nc1ccc(F)cc1. The number of halogens is 1. The predicted molar refractivity (Wildman–Crippen MR) is 114 cm³/mol. The smallest absolute Gasteiger partial charge is 0.253 e. The van der Waals surface area contributed by atoms with E-state index in [1.165, 1.54) is 24.3 Å². The molecule has 2 amide bonds. The van der Waals surface area contributed by atoms with Gasteiger partial charge in [-0.15, -0.1) is 0 Å². The van der Waals surface area contributed by atoms with Crippen molar-refractivity contribution < 1.29 is 14.0 Å². The second-order valence-corrected chi connectivity index (χ2v) is 7.33. The molecule has 8 heteroatoms. The summed E-state index contributed by atoms with van der Waals surface area (Å²) in [5.74, 6) is -0.414. The van der Waals surface area contributed by atoms with E-state index in [0.29, 0.717) is 18.2 Å². The zero-order chi connectivity index (χ0) is 21.4. The number of hydrogen-bond donors (Lipinski definition) is 1. The highest BCUT2D eigenvalue weighted by Gasteiger charge is 2.40. The molecule has 0 fully saturated rings. The van der Waals surface area contributed by atoms with E-state index in [9.17, 15) is 14.0 Å². The number of fused-ring (bicyclic) bond motifs is 3. The van der Waals surface area contributed by atoms with Crippen molar-refractivity contribution in [2.24, 2.45) is 0 Å². The van der Waals surface area contributed by atoms with Crippen molar-refractivity contribution in [3.63, 3.8) is 0 Å². The molecule has 1 N–H and O–H groups in total. The number of carbonyl (C=O) groups excluding carboxylic acids is 2. The Morgan fingerprint density at radius 1 is 1.06 bits per heavy atom. The second-order valence-electron chi connectivity index (χ2n) is 7.33. The van der Waals surface area contributed by atoms with Crippen LogP contribution in [0.5, 0.6) is 0 Å². The van der Waals surface area contributed by atoms with Crippen molar-refractivity contribution in [1.29, 1.82) is 0 Å². The van der Waals surface area contributed by atoms with Crippen LogP contribution in [-0.4, -0.2) is 26.3 Å². The van der Waals surface area contributed by atoms with Gasteiger partial charge in [0.2, 0.25) is 11.9 Å². The third-order valence-electron chi connectivity index (χ3n) is 5.25. The third kappa shape index (κ3) is 3.52. The Labute approximate surface area is 177 Å². The molecule has 4 aromatic rings. The fourth-order valence-corrected chi connectivity index (χ4v) is 3.84. The van der Waals surface area contributed by atoms with Gasteiger partial charge in [0.1, 0.15) is 11.9 Å². The van der Waals surface area contributed by atoms with Gasteiger partial charge in [0.05, 0.1) is 24.0 Å². The minimum atomic E-state index is -0.723. The number of para-hydroxylation sites is 2. The standard InChI is InChI=1S/C23H18FN5O2/c24-16-7-9-17(10-8-16)26-21(30)12-20-22(31)28(14-15-4-3-11-25-13-15)23-27-18-5-1-2-6-19(18)29(20)23/h1-11,13,20H,12,14H2,(H,26,30)/t20-/m1/s1. The summed E-state index contributed by atoms with van der Waals surface area (Å²) in [5.41, 5.74) is 2.88. The lowest BCUT2D eigenvalue weighted by Crippen LogP contribution is -2.31. The van der Waals surface area contributed by atoms with Crippen LogP contribution in [0.15, 0.2) is 73.1 Å². The summed E-state index contributed by atoms with van der Waals surface area (Å²) in [4.78, 5) is 36.4. The van der Waals surface area contributed by atoms with E-state index < -0.39 is 6.04 Å². The normalized spacial score (nSPS) is 15.3. The molecule has 0 aliphatic carbocycles. The molecule has 5 rings (SSSR count). The lowest BCUT2D eigenvalue weighted by Gasteiger charge is -2.16. The van der Waals surface area contributed by atoms with Gasteiger partial charge in [-0.3, -0.25) is 24.0 Å². The molecular formula is C23H18FN5O2. The summed E-state index contributed by atoms with van der Waals surface area (Å²) in [6.07, 6.45) is 3.31. The Balaban J connectivity index is 1.46. The second kappa shape index (κ2) is 7.64. The van der Waals surface area contributed by atoms with E-state index >= 15 is 0 Å². The maximum Gasteiger partial charge on any atom is 0.253 e. The van der Waals surface area contributed by atoms with Gasteiger partial charge in [-0.2, -0.15) is 0 Å². The highest BCUT2D eigenvalue weighted by molar-refractivity contribution is 6.05. The molecule has 31 heavy (non-hydrogen) atoms. The molecule has 0 radical (unpaired) electrons. The minimum absolute atomic E-state index is 0.0624. The number of amides is 2. The van der Waals surface area contributed by atoms with Gasteiger partial charge in [0.15, 0.2) is 0 Å². The van der Waals surface area contributed by atoms with Gasteiger partial charge in [-0.05, 0) is 48.0 Å². The Morgan fingerprint density at radius 2 is 1.87 bits per heavy atom. The van der Waals surface area contributed by atoms with Crippen LogP contribution in [0.1, 0.15) is 18.0 Å². The summed E-state index contributed by atoms with van der Waals surface area (Å²) in [5, 5.41) is 2.73. The number of anilines is 2. The number of rotatable bonds is 5. The van der Waals surface area contributed by atoms with Crippen LogP contribution in [0.3, 0.4) is 0 Å². The fourth-order valence-electron chi connectivity index (χ4n) is 3.84. The first kappa shape index (κ1) is 18.9. The molecule has 2 aromatic carbocycles. The maximum atomic E-state index is 13.3. The first-order chi connectivity index (χ1) is 15.1. The van der Waals surface area contributed by atoms with Gasteiger partial charge in [-0.1, -0.05) is 18.2 Å². The van der Waals surface area contributed by atoms with E-state index in [4.69, 9.17) is 0 Å². The maximum absolute atomic E-state index is 13.3. The summed E-state index contributed by atoms with van der Waals surface area (Å²) in [6, 6.07) is 16.0. The van der Waals surface area contributed by atoms with E-state index in [1.807, 2.05) is 41.0 Å². The molecule has 0 bridgehead atoms. The largest absolute Gasteiger partial charge is 0.326 e. The van der Waals surface area contributed by atoms with Gasteiger partial charge in [-0.25, -0.2) is 9.37 Å². The van der Waals surface area contributed by atoms with Crippen LogP contribution in [-0.2, 0) is 16.1 Å². The van der Waals surface area contributed by atoms with Crippen molar-refractivity contribution >= 4 is 34.5 Å². The van der Waals surface area contributed by atoms with Crippen molar-refractivity contribution in [2.45, 2.75) is 19.0 Å². The summed E-state index contributed by atoms with van der Waals surface area (Å²) < 4.78 is 14.9. The summed E-state index contributed by atoms with van der Waals surface area (Å²) in [7, 11) is 0. The van der Waals surface area contributed by atoms with Crippen molar-refractivity contribution in [3.8, 4) is 0 Å². The topological polar surface area (TPSA) is 80.1 Å². The van der Waals surface area contributed by atoms with Crippen LogP contribution in [0.4, 0.5) is 16.0 Å². The molecule has 154 valence electrons. The predicted octanol–water partition coefficient (Wildman–Crippen LogP) is 3.69. The average Bonchev–Trinajstić information content (AvgIpc) is 3.27. The molecule has 1 aliphatic heterocycles. The fraction of sp³-hybridized carbons (Fsp3) is 0.130. The molecule has 1 aliphatic rings. The lowest BCUT2D eigenvalue weighted by molar-refractivity contribution is -0.124. The molecule has 7 nitrogen and oxygen atoms in total. The monoisotopic (exact) mass is 415 g/mol. The third-order valence-corrected chi connectivity index (χ3v) is 5.25. The minimum Gasteiger partial charge on any atom is -0.326 e. The van der Waals surface area contributed by atoms with Crippen LogP contribution >= 0.6 is 0 Å². The van der Waals surface area contributed by atoms with Crippen LogP contribution in [0.25, 0.3) is 11.0 Å². The van der Waals surface area contributed by atoms with Gasteiger partial charge >= 0.3 is 0 Å². The van der Waals surface area contributed by atoms with E-state index in [1.54, 1.807) is 17.3 Å². The number of benzene rings is 2. The van der Waals surface area contributed by atoms with Crippen molar-refractivity contribution in [1.82, 2.24) is 14.5 Å². The summed E-state index contributed by atoms with van der Waals surface area (Å²) >= 11 is 0. The first-order valence-corrected chi connectivity index (χ1v) is 9.83. The number of aromatic nitrogens is 3. The number of imidazole rings is 1. The van der Waals surface area contributed by atoms with E-state index in [2.05, 4.69) is 15.3 Å². The number of nitrogens with one attached hydrogen (secondary N) is 1. The quantitative estimate of drug-likeness (QED) is 0.539. The number of carbonyl (C=O) groups is 2. The van der Waals surface area contributed by atoms with Crippen LogP contribution in [0.2, 0.25) is 0 Å². The van der Waals surface area contributed by atoms with Gasteiger partial charge in [0.25, 0.3) is 5.91 Å². The highest BCUT2D eigenvalue weighted by atomic mass is 19.1. The molecule has 0 spiro atoms. The first-order valence-electron chi connectivity index (χ1n) is 9.83. The zero-order valence-electron chi connectivity index (χ0n) is 16.4. The van der Waals surface area contributed by atoms with E-state index in [-0.39, 0.29) is 24.1 Å². The molecule has 3 heterocycles. The van der Waals surface area contributed by atoms with Gasteiger partial charge in [0, 0.05) is 18.1 Å². The highest BCUT2D eigenvalue weighted by Crippen LogP contribution is 2.37.